The Morgan fingerprint density at radius 1 is 1.47 bits per heavy atom. The lowest BCUT2D eigenvalue weighted by Crippen LogP contribution is -2.44. The summed E-state index contributed by atoms with van der Waals surface area (Å²) in [6, 6.07) is -0.378. The summed E-state index contributed by atoms with van der Waals surface area (Å²) in [5, 5.41) is 11.3. The van der Waals surface area contributed by atoms with Gasteiger partial charge in [-0.25, -0.2) is 4.79 Å². The van der Waals surface area contributed by atoms with Gasteiger partial charge in [-0.15, -0.1) is 6.58 Å². The number of hydrogen-bond donors (Lipinski definition) is 2. The first-order valence-corrected chi connectivity index (χ1v) is 5.55. The number of rotatable bonds is 8. The van der Waals surface area contributed by atoms with Crippen molar-refractivity contribution >= 4 is 12.0 Å². The van der Waals surface area contributed by atoms with Gasteiger partial charge in [0.05, 0.1) is 0 Å². The van der Waals surface area contributed by atoms with Gasteiger partial charge in [-0.3, -0.25) is 4.79 Å². The molecule has 0 atom stereocenters. The number of carboxylic acid groups (broad SMARTS) is 1. The van der Waals surface area contributed by atoms with Gasteiger partial charge in [-0.1, -0.05) is 13.0 Å². The number of nitrogens with one attached hydrogen (secondary N) is 1. The van der Waals surface area contributed by atoms with Crippen LogP contribution in [0.1, 0.15) is 6.92 Å². The largest absolute Gasteiger partial charge is 0.480 e. The molecular weight excluding hydrogens is 222 g/mol. The SMILES string of the molecule is C=CCN(CC(=O)O)C(=O)NCCN(C)CC. The lowest BCUT2D eigenvalue weighted by atomic mass is 10.4. The van der Waals surface area contributed by atoms with Crippen LogP contribution in [0.5, 0.6) is 0 Å². The van der Waals surface area contributed by atoms with Gasteiger partial charge in [-0.2, -0.15) is 0 Å². The number of carbonyl (C=O) groups excluding carboxylic acids is 1. The van der Waals surface area contributed by atoms with Crippen LogP contribution >= 0.6 is 0 Å². The highest BCUT2D eigenvalue weighted by Crippen LogP contribution is 1.90. The maximum atomic E-state index is 11.6. The van der Waals surface area contributed by atoms with Crippen molar-refractivity contribution in [1.82, 2.24) is 15.1 Å². The summed E-state index contributed by atoms with van der Waals surface area (Å²) in [4.78, 5) is 25.4. The number of likely N-dealkylation sites (N-methyl/N-ethyl adjacent to an activating group) is 1. The fourth-order valence-corrected chi connectivity index (χ4v) is 1.16. The first-order valence-electron chi connectivity index (χ1n) is 5.55. The van der Waals surface area contributed by atoms with Gasteiger partial charge in [0.25, 0.3) is 0 Å². The zero-order valence-corrected chi connectivity index (χ0v) is 10.5. The molecule has 6 heteroatoms. The first kappa shape index (κ1) is 15.4. The van der Waals surface area contributed by atoms with Crippen LogP contribution in [0.3, 0.4) is 0 Å². The predicted molar refractivity (Wildman–Crippen MR) is 66.0 cm³/mol. The molecule has 0 aromatic heterocycles. The van der Waals surface area contributed by atoms with Crippen LogP contribution < -0.4 is 5.32 Å². The van der Waals surface area contributed by atoms with Gasteiger partial charge >= 0.3 is 12.0 Å². The van der Waals surface area contributed by atoms with E-state index in [9.17, 15) is 9.59 Å². The van der Waals surface area contributed by atoms with E-state index in [0.29, 0.717) is 6.54 Å². The number of carboxylic acids is 1. The Kier molecular flexibility index (Phi) is 7.79. The maximum Gasteiger partial charge on any atom is 0.323 e. The molecule has 0 radical (unpaired) electrons. The molecule has 0 unspecified atom stereocenters. The summed E-state index contributed by atoms with van der Waals surface area (Å²) in [6.45, 7) is 7.55. The standard InChI is InChI=1S/C11H21N3O3/c1-4-7-14(9-10(15)16)11(17)12-6-8-13(3)5-2/h4H,1,5-9H2,2-3H3,(H,12,17)(H,15,16). The van der Waals surface area contributed by atoms with Crippen LogP contribution in [0.15, 0.2) is 12.7 Å². The Balaban J connectivity index is 4.05. The number of aliphatic carboxylic acids is 1. The van der Waals surface area contributed by atoms with E-state index in [1.807, 2.05) is 14.0 Å². The third-order valence-corrected chi connectivity index (χ3v) is 2.27. The zero-order valence-electron chi connectivity index (χ0n) is 10.5. The van der Waals surface area contributed by atoms with E-state index in [2.05, 4.69) is 16.8 Å². The Morgan fingerprint density at radius 2 is 2.12 bits per heavy atom. The van der Waals surface area contributed by atoms with Crippen LogP contribution in [0.25, 0.3) is 0 Å². The van der Waals surface area contributed by atoms with E-state index in [-0.39, 0.29) is 19.1 Å². The average Bonchev–Trinajstić information content (AvgIpc) is 2.27. The Hall–Kier alpha value is -1.56. The van der Waals surface area contributed by atoms with Crippen LogP contribution in [0.4, 0.5) is 4.79 Å². The molecule has 0 aromatic carbocycles. The second-order valence-corrected chi connectivity index (χ2v) is 3.69. The summed E-state index contributed by atoms with van der Waals surface area (Å²) in [5.41, 5.74) is 0. The number of carbonyl (C=O) groups is 2. The quantitative estimate of drug-likeness (QED) is 0.598. The fourth-order valence-electron chi connectivity index (χ4n) is 1.16. The van der Waals surface area contributed by atoms with Crippen molar-refractivity contribution in [1.29, 1.82) is 0 Å². The predicted octanol–water partition coefficient (Wildman–Crippen LogP) is 0.220. The molecule has 0 aliphatic heterocycles. The molecular formula is C11H21N3O3. The van der Waals surface area contributed by atoms with Gasteiger partial charge in [0.1, 0.15) is 6.54 Å². The van der Waals surface area contributed by atoms with E-state index in [1.54, 1.807) is 0 Å². The van der Waals surface area contributed by atoms with Gasteiger partial charge in [0.2, 0.25) is 0 Å². The minimum atomic E-state index is -1.03. The molecule has 0 bridgehead atoms. The lowest BCUT2D eigenvalue weighted by molar-refractivity contribution is -0.137. The van der Waals surface area contributed by atoms with Crippen molar-refractivity contribution in [2.24, 2.45) is 0 Å². The highest BCUT2D eigenvalue weighted by molar-refractivity contribution is 5.80. The monoisotopic (exact) mass is 243 g/mol. The minimum absolute atomic E-state index is 0.224. The topological polar surface area (TPSA) is 72.9 Å². The number of urea groups is 1. The van der Waals surface area contributed by atoms with Crippen molar-refractivity contribution in [3.05, 3.63) is 12.7 Å². The summed E-state index contributed by atoms with van der Waals surface area (Å²) < 4.78 is 0. The molecule has 0 heterocycles. The summed E-state index contributed by atoms with van der Waals surface area (Å²) in [5.74, 6) is -1.03. The molecule has 0 aliphatic rings. The second kappa shape index (κ2) is 8.58. The second-order valence-electron chi connectivity index (χ2n) is 3.69. The number of nitrogens with zero attached hydrogens (tertiary/aromatic N) is 2. The smallest absolute Gasteiger partial charge is 0.323 e. The third kappa shape index (κ3) is 7.35. The van der Waals surface area contributed by atoms with Crippen LogP contribution in [-0.2, 0) is 4.79 Å². The molecule has 0 aliphatic carbocycles. The summed E-state index contributed by atoms with van der Waals surface area (Å²) >= 11 is 0. The van der Waals surface area contributed by atoms with Gasteiger partial charge in [0.15, 0.2) is 0 Å². The first-order chi connectivity index (χ1) is 8.01. The molecule has 2 N–H and O–H groups in total. The third-order valence-electron chi connectivity index (χ3n) is 2.27. The normalized spacial score (nSPS) is 10.1. The molecule has 2 amide bonds. The van der Waals surface area contributed by atoms with Crippen molar-refractivity contribution in [2.45, 2.75) is 6.92 Å². The Labute approximate surface area is 102 Å². The fraction of sp³-hybridized carbons (Fsp3) is 0.636. The van der Waals surface area contributed by atoms with E-state index in [0.717, 1.165) is 13.1 Å². The molecule has 0 fully saturated rings. The summed E-state index contributed by atoms with van der Waals surface area (Å²) in [6.07, 6.45) is 1.50. The van der Waals surface area contributed by atoms with E-state index < -0.39 is 5.97 Å². The van der Waals surface area contributed by atoms with Gasteiger partial charge in [0, 0.05) is 19.6 Å². The molecule has 17 heavy (non-hydrogen) atoms. The van der Waals surface area contributed by atoms with Gasteiger partial charge in [-0.05, 0) is 13.6 Å². The highest BCUT2D eigenvalue weighted by atomic mass is 16.4. The van der Waals surface area contributed by atoms with Crippen molar-refractivity contribution in [2.75, 3.05) is 39.8 Å². The zero-order chi connectivity index (χ0) is 13.3. The Bertz CT molecular complexity index is 269. The van der Waals surface area contributed by atoms with Crippen LogP contribution in [0.2, 0.25) is 0 Å². The van der Waals surface area contributed by atoms with Gasteiger partial charge < -0.3 is 20.2 Å². The van der Waals surface area contributed by atoms with Crippen LogP contribution in [0, 0.1) is 0 Å². The Morgan fingerprint density at radius 3 is 2.59 bits per heavy atom. The maximum absolute atomic E-state index is 11.6. The lowest BCUT2D eigenvalue weighted by Gasteiger charge is -2.20. The summed E-state index contributed by atoms with van der Waals surface area (Å²) in [7, 11) is 1.95. The van der Waals surface area contributed by atoms with Crippen LogP contribution in [-0.4, -0.2) is 66.7 Å². The molecule has 0 saturated carbocycles. The molecule has 0 spiro atoms. The van der Waals surface area contributed by atoms with Crippen molar-refractivity contribution in [3.63, 3.8) is 0 Å². The molecule has 0 aromatic rings. The molecule has 0 saturated heterocycles. The van der Waals surface area contributed by atoms with Crippen molar-refractivity contribution < 1.29 is 14.7 Å². The van der Waals surface area contributed by atoms with Crippen molar-refractivity contribution in [3.8, 4) is 0 Å². The minimum Gasteiger partial charge on any atom is -0.480 e. The number of hydrogen-bond acceptors (Lipinski definition) is 3. The molecule has 98 valence electrons. The average molecular weight is 243 g/mol. The number of amides is 2. The molecule has 0 rings (SSSR count). The van der Waals surface area contributed by atoms with E-state index in [4.69, 9.17) is 5.11 Å². The highest BCUT2D eigenvalue weighted by Gasteiger charge is 2.14. The molecule has 6 nitrogen and oxygen atoms in total. The van der Waals surface area contributed by atoms with E-state index >= 15 is 0 Å². The van der Waals surface area contributed by atoms with E-state index in [1.165, 1.54) is 11.0 Å².